The summed E-state index contributed by atoms with van der Waals surface area (Å²) in [6.07, 6.45) is 88.9. The van der Waals surface area contributed by atoms with Crippen LogP contribution < -0.4 is 0 Å². The van der Waals surface area contributed by atoms with Crippen molar-refractivity contribution in [2.24, 2.45) is 0 Å². The largest absolute Gasteiger partial charge is 0.472 e. The van der Waals surface area contributed by atoms with Crippen LogP contribution in [0, 0.1) is 0 Å². The van der Waals surface area contributed by atoms with Gasteiger partial charge in [-0.2, -0.15) is 0 Å². The zero-order valence-corrected chi connectivity index (χ0v) is 64.2. The fraction of sp³-hybridized carbons (Fsp3) is 0.566. The number of esters is 4. The maximum Gasteiger partial charge on any atom is 0.472 e. The van der Waals surface area contributed by atoms with Gasteiger partial charge in [-0.1, -0.05) is 254 Å². The molecule has 0 spiro atoms. The van der Waals surface area contributed by atoms with E-state index in [9.17, 15) is 43.2 Å². The van der Waals surface area contributed by atoms with E-state index in [1.807, 2.05) is 12.2 Å². The van der Waals surface area contributed by atoms with Crippen molar-refractivity contribution in [3.63, 3.8) is 0 Å². The lowest BCUT2D eigenvalue weighted by molar-refractivity contribution is -0.161. The Morgan fingerprint density at radius 2 is 0.549 bits per heavy atom. The van der Waals surface area contributed by atoms with E-state index in [1.54, 1.807) is 12.2 Å². The molecule has 0 aromatic heterocycles. The molecular formula is C83H130O17P2. The van der Waals surface area contributed by atoms with Crippen LogP contribution in [-0.2, 0) is 65.4 Å². The van der Waals surface area contributed by atoms with Crippen LogP contribution in [0.2, 0.25) is 0 Å². The number of unbranched alkanes of at least 4 members (excludes halogenated alkanes) is 11. The number of carbonyl (C=O) groups is 4. The first-order valence-corrected chi connectivity index (χ1v) is 40.7. The Morgan fingerprint density at radius 3 is 0.902 bits per heavy atom. The van der Waals surface area contributed by atoms with Crippen molar-refractivity contribution in [1.29, 1.82) is 0 Å². The van der Waals surface area contributed by atoms with E-state index in [0.717, 1.165) is 167 Å². The van der Waals surface area contributed by atoms with Crippen molar-refractivity contribution in [3.8, 4) is 0 Å². The summed E-state index contributed by atoms with van der Waals surface area (Å²) < 4.78 is 68.2. The first-order chi connectivity index (χ1) is 49.7. The third-order valence-electron chi connectivity index (χ3n) is 14.5. The SMILES string of the molecule is CC/C=C\C/C=C\C/C=C\C/C=C\C/C=C\CCCCCC(=O)OCC(COP(=O)(O)OCC(O)COP(=O)(O)OCC(COC(=O)CCCC/C=C\C/C=C\C/C=C\C/C=C\CC)OC(=O)CCCCCCC/C=C\C/C=C\CCC)OC(=O)C/C=C\C/C=C\C/C=C\C/C=C\C/C=C\CC. The Bertz CT molecular complexity index is 2700. The highest BCUT2D eigenvalue weighted by Crippen LogP contribution is 2.45. The number of carbonyl (C=O) groups excluding carboxylic acids is 4. The van der Waals surface area contributed by atoms with Crippen molar-refractivity contribution >= 4 is 39.5 Å². The van der Waals surface area contributed by atoms with E-state index in [-0.39, 0.29) is 25.7 Å². The summed E-state index contributed by atoms with van der Waals surface area (Å²) in [6.45, 7) is 4.19. The maximum absolute atomic E-state index is 13.1. The van der Waals surface area contributed by atoms with Gasteiger partial charge in [0, 0.05) is 19.3 Å². The van der Waals surface area contributed by atoms with Crippen molar-refractivity contribution in [3.05, 3.63) is 194 Å². The summed E-state index contributed by atoms with van der Waals surface area (Å²) >= 11 is 0. The van der Waals surface area contributed by atoms with Crippen LogP contribution in [-0.4, -0.2) is 96.7 Å². The molecule has 17 nitrogen and oxygen atoms in total. The van der Waals surface area contributed by atoms with Crippen molar-refractivity contribution in [2.45, 2.75) is 264 Å². The summed E-state index contributed by atoms with van der Waals surface area (Å²) in [4.78, 5) is 72.8. The molecule has 0 aliphatic rings. The number of aliphatic hydroxyl groups excluding tert-OH is 1. The molecule has 0 aromatic carbocycles. The molecule has 102 heavy (non-hydrogen) atoms. The minimum Gasteiger partial charge on any atom is -0.462 e. The summed E-state index contributed by atoms with van der Waals surface area (Å²) in [5, 5.41) is 10.6. The second kappa shape index (κ2) is 73.2. The lowest BCUT2D eigenvalue weighted by Gasteiger charge is -2.21. The van der Waals surface area contributed by atoms with E-state index < -0.39 is 97.5 Å². The third kappa shape index (κ3) is 72.3. The van der Waals surface area contributed by atoms with E-state index >= 15 is 0 Å². The third-order valence-corrected chi connectivity index (χ3v) is 16.5. The van der Waals surface area contributed by atoms with Gasteiger partial charge in [0.2, 0.25) is 0 Å². The van der Waals surface area contributed by atoms with Crippen molar-refractivity contribution in [2.75, 3.05) is 39.6 Å². The van der Waals surface area contributed by atoms with Gasteiger partial charge in [0.1, 0.15) is 19.3 Å². The molecule has 5 unspecified atom stereocenters. The van der Waals surface area contributed by atoms with E-state index in [1.165, 1.54) is 0 Å². The molecule has 0 saturated carbocycles. The van der Waals surface area contributed by atoms with Crippen LogP contribution in [0.4, 0.5) is 0 Å². The first-order valence-electron chi connectivity index (χ1n) is 37.7. The molecule has 3 N–H and O–H groups in total. The lowest BCUT2D eigenvalue weighted by atomic mass is 10.1. The van der Waals surface area contributed by atoms with Gasteiger partial charge in [-0.25, -0.2) is 9.13 Å². The molecule has 0 aliphatic heterocycles. The number of ether oxygens (including phenoxy) is 4. The Balaban J connectivity index is 5.51. The number of hydrogen-bond donors (Lipinski definition) is 3. The van der Waals surface area contributed by atoms with Gasteiger partial charge in [0.25, 0.3) is 0 Å². The Kier molecular flexibility index (Phi) is 68.8. The minimum absolute atomic E-state index is 0.0586. The first kappa shape index (κ1) is 95.9. The Labute approximate surface area is 615 Å². The average molecular weight is 1460 g/mol. The highest BCUT2D eigenvalue weighted by Gasteiger charge is 2.30. The highest BCUT2D eigenvalue weighted by molar-refractivity contribution is 7.47. The quantitative estimate of drug-likeness (QED) is 0.0169. The molecule has 0 saturated heterocycles. The predicted octanol–water partition coefficient (Wildman–Crippen LogP) is 21.8. The van der Waals surface area contributed by atoms with Crippen molar-refractivity contribution < 1.29 is 80.2 Å². The molecule has 0 heterocycles. The molecule has 0 amide bonds. The van der Waals surface area contributed by atoms with Crippen LogP contribution in [0.3, 0.4) is 0 Å². The van der Waals surface area contributed by atoms with Gasteiger partial charge in [0.15, 0.2) is 12.2 Å². The van der Waals surface area contributed by atoms with Crippen LogP contribution in [0.25, 0.3) is 0 Å². The molecule has 5 atom stereocenters. The van der Waals surface area contributed by atoms with E-state index in [0.29, 0.717) is 25.7 Å². The Morgan fingerprint density at radius 1 is 0.294 bits per heavy atom. The summed E-state index contributed by atoms with van der Waals surface area (Å²) in [5.74, 6) is -2.45. The number of aliphatic hydroxyl groups is 1. The number of phosphoric ester groups is 2. The zero-order chi connectivity index (χ0) is 74.6. The topological polar surface area (TPSA) is 237 Å². The number of hydrogen-bond acceptors (Lipinski definition) is 15. The molecule has 19 heteroatoms. The number of rotatable bonds is 68. The zero-order valence-electron chi connectivity index (χ0n) is 62.4. The monoisotopic (exact) mass is 1460 g/mol. The molecule has 0 radical (unpaired) electrons. The summed E-state index contributed by atoms with van der Waals surface area (Å²) in [6, 6.07) is 0. The highest BCUT2D eigenvalue weighted by atomic mass is 31.2. The number of allylic oxidation sites excluding steroid dienone is 31. The van der Waals surface area contributed by atoms with E-state index in [2.05, 4.69) is 198 Å². The average Bonchev–Trinajstić information content (AvgIpc) is 0.924. The molecule has 0 bridgehead atoms. The molecule has 0 aromatic rings. The lowest BCUT2D eigenvalue weighted by Crippen LogP contribution is -2.30. The molecule has 0 aliphatic carbocycles. The summed E-state index contributed by atoms with van der Waals surface area (Å²) in [7, 11) is -10.0. The summed E-state index contributed by atoms with van der Waals surface area (Å²) in [5.41, 5.74) is 0. The second-order valence-electron chi connectivity index (χ2n) is 24.1. The van der Waals surface area contributed by atoms with Gasteiger partial charge >= 0.3 is 39.5 Å². The molecule has 0 rings (SSSR count). The fourth-order valence-corrected chi connectivity index (χ4v) is 10.5. The standard InChI is InChI=1S/C83H130O17P2/c1-5-9-13-17-21-25-29-33-36-37-38-39-42-45-48-52-56-60-64-68-81(86)94-74-79(100-83(88)70-66-62-58-54-50-46-41-35-31-27-23-19-15-11-7-3)76-98-102(91,92)96-72-77(84)71-95-101(89,90)97-75-78(99-82(87)69-65-61-57-53-49-43-32-28-24-20-16-12-8-4)73-93-80(85)67-63-59-55-51-47-44-40-34-30-26-22-18-14-10-6-2/h9-11,13-16,20-23,25-28,32-36,38-41,45,47-48,50-51,54,62,66,77-79,84H,5-8,12,17-19,24,29-31,37,42-44,46,49,52-53,55-61,63-65,67-76H2,1-4H3,(H,89,90)(H,91,92)/b13-9-,14-10-,15-11-,20-16-,25-21-,26-22-,27-23-,32-28-,36-33-,39-38-,40-34-,41-35-,48-45-,51-47-,54-50-,66-62-. The van der Waals surface area contributed by atoms with Crippen molar-refractivity contribution in [1.82, 2.24) is 0 Å². The fourth-order valence-electron chi connectivity index (χ4n) is 8.94. The molecule has 574 valence electrons. The normalized spacial score (nSPS) is 15.0. The minimum atomic E-state index is -5.02. The predicted molar refractivity (Wildman–Crippen MR) is 417 cm³/mol. The van der Waals surface area contributed by atoms with Gasteiger partial charge < -0.3 is 33.8 Å². The van der Waals surface area contributed by atoms with Gasteiger partial charge in [-0.3, -0.25) is 37.3 Å². The smallest absolute Gasteiger partial charge is 0.462 e. The maximum atomic E-state index is 13.1. The van der Waals surface area contributed by atoms with Gasteiger partial charge in [0.05, 0.1) is 32.8 Å². The van der Waals surface area contributed by atoms with Gasteiger partial charge in [-0.15, -0.1) is 0 Å². The second-order valence-corrected chi connectivity index (χ2v) is 27.0. The number of phosphoric acid groups is 2. The van der Waals surface area contributed by atoms with Crippen LogP contribution in [0.5, 0.6) is 0 Å². The molecule has 0 fully saturated rings. The van der Waals surface area contributed by atoms with Crippen LogP contribution in [0.15, 0.2) is 194 Å². The van der Waals surface area contributed by atoms with Gasteiger partial charge in [-0.05, 0) is 161 Å². The van der Waals surface area contributed by atoms with Crippen LogP contribution in [0.1, 0.15) is 246 Å². The molecular weight excluding hydrogens is 1330 g/mol. The van der Waals surface area contributed by atoms with E-state index in [4.69, 9.17) is 37.0 Å². The Hall–Kier alpha value is -6.10. The van der Waals surface area contributed by atoms with Crippen LogP contribution >= 0.6 is 15.6 Å².